The van der Waals surface area contributed by atoms with Crippen molar-refractivity contribution < 1.29 is 14.4 Å². The molecule has 15 heavy (non-hydrogen) atoms. The van der Waals surface area contributed by atoms with Gasteiger partial charge in [0.2, 0.25) is 11.8 Å². The zero-order valence-electron chi connectivity index (χ0n) is 8.15. The first kappa shape index (κ1) is 11.5. The highest BCUT2D eigenvalue weighted by molar-refractivity contribution is 7.80. The first-order valence-corrected chi connectivity index (χ1v) is 4.67. The number of nitrogens with zero attached hydrogens (tertiary/aromatic N) is 1. The van der Waals surface area contributed by atoms with Gasteiger partial charge in [0.1, 0.15) is 0 Å². The van der Waals surface area contributed by atoms with Crippen molar-refractivity contribution in [1.29, 1.82) is 0 Å². The second-order valence-electron chi connectivity index (χ2n) is 3.08. The van der Waals surface area contributed by atoms with Gasteiger partial charge in [0.05, 0.1) is 0 Å². The third-order valence-corrected chi connectivity index (χ3v) is 2.29. The van der Waals surface area contributed by atoms with E-state index in [2.05, 4.69) is 11.9 Å². The number of Topliss-reactive ketones (excluding diaryl/α,β-unsaturated/α-hetero) is 1. The van der Waals surface area contributed by atoms with Crippen molar-refractivity contribution in [3.63, 3.8) is 0 Å². The van der Waals surface area contributed by atoms with Crippen LogP contribution in [-0.4, -0.2) is 34.2 Å². The topological polar surface area (TPSA) is 66.5 Å². The Labute approximate surface area is 92.1 Å². The van der Waals surface area contributed by atoms with Crippen LogP contribution in [0.1, 0.15) is 6.92 Å². The molecule has 1 aliphatic heterocycles. The lowest BCUT2D eigenvalue weighted by Gasteiger charge is -2.30. The van der Waals surface area contributed by atoms with E-state index in [0.29, 0.717) is 0 Å². The Kier molecular flexibility index (Phi) is 3.31. The number of carbonyl (C=O) groups excluding carboxylic acids is 3. The minimum Gasteiger partial charge on any atom is -0.302 e. The number of rotatable bonds is 3. The Morgan fingerprint density at radius 1 is 1.67 bits per heavy atom. The molecule has 1 aliphatic rings. The quantitative estimate of drug-likeness (QED) is 0.405. The SMILES string of the molecule is C=CCN1C(=O)C(C(C)=O)C(=O)NC1=S. The molecule has 0 aromatic rings. The van der Waals surface area contributed by atoms with E-state index in [1.807, 2.05) is 0 Å². The molecule has 2 amide bonds. The van der Waals surface area contributed by atoms with Gasteiger partial charge in [0.25, 0.3) is 0 Å². The number of thiocarbonyl (C=S) groups is 1. The Morgan fingerprint density at radius 3 is 2.73 bits per heavy atom. The van der Waals surface area contributed by atoms with Gasteiger partial charge in [-0.2, -0.15) is 0 Å². The molecule has 0 saturated carbocycles. The Morgan fingerprint density at radius 2 is 2.27 bits per heavy atom. The van der Waals surface area contributed by atoms with Gasteiger partial charge < -0.3 is 5.32 Å². The second-order valence-corrected chi connectivity index (χ2v) is 3.46. The number of ketones is 1. The molecule has 80 valence electrons. The van der Waals surface area contributed by atoms with Gasteiger partial charge >= 0.3 is 0 Å². The minimum atomic E-state index is -1.28. The average Bonchev–Trinajstić information content (AvgIpc) is 2.11. The number of carbonyl (C=O) groups is 3. The van der Waals surface area contributed by atoms with E-state index in [-0.39, 0.29) is 11.7 Å². The highest BCUT2D eigenvalue weighted by Crippen LogP contribution is 2.11. The number of hydrogen-bond donors (Lipinski definition) is 1. The van der Waals surface area contributed by atoms with E-state index in [9.17, 15) is 14.4 Å². The lowest BCUT2D eigenvalue weighted by atomic mass is 10.0. The molecule has 0 aromatic carbocycles. The molecular weight excluding hydrogens is 216 g/mol. The minimum absolute atomic E-state index is 0.0161. The fourth-order valence-electron chi connectivity index (χ4n) is 1.27. The van der Waals surface area contributed by atoms with E-state index in [0.717, 1.165) is 4.90 Å². The predicted molar refractivity (Wildman–Crippen MR) is 56.8 cm³/mol. The molecule has 0 bridgehead atoms. The summed E-state index contributed by atoms with van der Waals surface area (Å²) in [6.45, 7) is 4.84. The normalized spacial score (nSPS) is 21.3. The molecule has 1 N–H and O–H groups in total. The standard InChI is InChI=1S/C9H10N2O3S/c1-3-4-11-8(14)6(5(2)12)7(13)10-9(11)15/h3,6H,1,4H2,2H3,(H,10,13,15). The fraction of sp³-hybridized carbons (Fsp3) is 0.333. The Hall–Kier alpha value is -1.56. The number of hydrogen-bond acceptors (Lipinski definition) is 4. The summed E-state index contributed by atoms with van der Waals surface area (Å²) in [6.07, 6.45) is 1.47. The average molecular weight is 226 g/mol. The summed E-state index contributed by atoms with van der Waals surface area (Å²) >= 11 is 4.80. The third-order valence-electron chi connectivity index (χ3n) is 1.97. The maximum Gasteiger partial charge on any atom is 0.249 e. The van der Waals surface area contributed by atoms with Crippen LogP contribution in [0, 0.1) is 5.92 Å². The van der Waals surface area contributed by atoms with Gasteiger partial charge in [-0.05, 0) is 19.1 Å². The maximum absolute atomic E-state index is 11.7. The van der Waals surface area contributed by atoms with Crippen molar-refractivity contribution in [1.82, 2.24) is 10.2 Å². The van der Waals surface area contributed by atoms with Crippen molar-refractivity contribution in [3.8, 4) is 0 Å². The van der Waals surface area contributed by atoms with Gasteiger partial charge in [0, 0.05) is 6.54 Å². The largest absolute Gasteiger partial charge is 0.302 e. The van der Waals surface area contributed by atoms with Gasteiger partial charge in [-0.15, -0.1) is 6.58 Å². The Balaban J connectivity index is 2.99. The monoisotopic (exact) mass is 226 g/mol. The second kappa shape index (κ2) is 4.31. The summed E-state index contributed by atoms with van der Waals surface area (Å²) in [4.78, 5) is 35.2. The zero-order valence-corrected chi connectivity index (χ0v) is 8.97. The van der Waals surface area contributed by atoms with Crippen molar-refractivity contribution in [2.24, 2.45) is 5.92 Å². The van der Waals surface area contributed by atoms with Crippen LogP contribution in [0.25, 0.3) is 0 Å². The van der Waals surface area contributed by atoms with E-state index in [4.69, 9.17) is 12.2 Å². The van der Waals surface area contributed by atoms with Crippen LogP contribution in [0.3, 0.4) is 0 Å². The molecule has 1 atom stereocenters. The molecule has 5 nitrogen and oxygen atoms in total. The molecule has 0 spiro atoms. The molecule has 0 radical (unpaired) electrons. The fourth-order valence-corrected chi connectivity index (χ4v) is 1.54. The highest BCUT2D eigenvalue weighted by Gasteiger charge is 2.40. The highest BCUT2D eigenvalue weighted by atomic mass is 32.1. The molecule has 1 rings (SSSR count). The van der Waals surface area contributed by atoms with Crippen LogP contribution >= 0.6 is 12.2 Å². The van der Waals surface area contributed by atoms with Crippen LogP contribution in [0.2, 0.25) is 0 Å². The van der Waals surface area contributed by atoms with E-state index < -0.39 is 23.5 Å². The van der Waals surface area contributed by atoms with Gasteiger partial charge in [0.15, 0.2) is 16.8 Å². The van der Waals surface area contributed by atoms with Crippen molar-refractivity contribution in [2.75, 3.05) is 6.54 Å². The first-order chi connectivity index (χ1) is 6.99. The summed E-state index contributed by atoms with van der Waals surface area (Å²) in [5.74, 6) is -3.01. The summed E-state index contributed by atoms with van der Waals surface area (Å²) in [5.41, 5.74) is 0. The van der Waals surface area contributed by atoms with E-state index >= 15 is 0 Å². The molecule has 1 heterocycles. The predicted octanol–water partition coefficient (Wildman–Crippen LogP) is -0.379. The van der Waals surface area contributed by atoms with Crippen LogP contribution in [0.5, 0.6) is 0 Å². The molecule has 0 aliphatic carbocycles. The Bertz CT molecular complexity index is 364. The summed E-state index contributed by atoms with van der Waals surface area (Å²) in [6, 6.07) is 0. The van der Waals surface area contributed by atoms with Gasteiger partial charge in [-0.1, -0.05) is 6.08 Å². The van der Waals surface area contributed by atoms with E-state index in [1.54, 1.807) is 0 Å². The third kappa shape index (κ3) is 2.10. The number of amides is 2. The maximum atomic E-state index is 11.7. The van der Waals surface area contributed by atoms with Crippen LogP contribution in [0.4, 0.5) is 0 Å². The van der Waals surface area contributed by atoms with Gasteiger partial charge in [-0.25, -0.2) is 0 Å². The first-order valence-electron chi connectivity index (χ1n) is 4.26. The lowest BCUT2D eigenvalue weighted by molar-refractivity contribution is -0.145. The molecule has 1 saturated heterocycles. The van der Waals surface area contributed by atoms with Crippen LogP contribution < -0.4 is 5.32 Å². The van der Waals surface area contributed by atoms with Crippen molar-refractivity contribution in [3.05, 3.63) is 12.7 Å². The zero-order chi connectivity index (χ0) is 11.6. The lowest BCUT2D eigenvalue weighted by Crippen LogP contribution is -2.59. The molecule has 1 fully saturated rings. The number of nitrogens with one attached hydrogen (secondary N) is 1. The summed E-state index contributed by atoms with van der Waals surface area (Å²) < 4.78 is 0. The summed E-state index contributed by atoms with van der Waals surface area (Å²) in [5, 5.41) is 2.32. The molecule has 6 heteroatoms. The summed E-state index contributed by atoms with van der Waals surface area (Å²) in [7, 11) is 0. The van der Waals surface area contributed by atoms with Crippen LogP contribution in [0.15, 0.2) is 12.7 Å². The van der Waals surface area contributed by atoms with Gasteiger partial charge in [-0.3, -0.25) is 19.3 Å². The molecule has 1 unspecified atom stereocenters. The molecule has 0 aromatic heterocycles. The van der Waals surface area contributed by atoms with E-state index in [1.165, 1.54) is 13.0 Å². The smallest absolute Gasteiger partial charge is 0.249 e. The van der Waals surface area contributed by atoms with Crippen molar-refractivity contribution >= 4 is 34.9 Å². The van der Waals surface area contributed by atoms with Crippen molar-refractivity contribution in [2.45, 2.75) is 6.92 Å². The molecular formula is C9H10N2O3S. The van der Waals surface area contributed by atoms with Crippen LogP contribution in [-0.2, 0) is 14.4 Å².